The monoisotopic (exact) mass is 262 g/mol. The Hall–Kier alpha value is -1.88. The van der Waals surface area contributed by atoms with Crippen LogP contribution in [0.3, 0.4) is 0 Å². The zero-order chi connectivity index (χ0) is 13.8. The Kier molecular flexibility index (Phi) is 4.16. The molecule has 3 N–H and O–H groups in total. The van der Waals surface area contributed by atoms with E-state index < -0.39 is 5.97 Å². The molecule has 5 heteroatoms. The fourth-order valence-corrected chi connectivity index (χ4v) is 2.31. The molecule has 0 spiro atoms. The average molecular weight is 262 g/mol. The first kappa shape index (κ1) is 13.5. The number of carboxylic acids is 1. The molecule has 0 saturated carbocycles. The summed E-state index contributed by atoms with van der Waals surface area (Å²) in [6, 6.07) is 4.91. The van der Waals surface area contributed by atoms with Gasteiger partial charge in [-0.3, -0.25) is 4.79 Å². The summed E-state index contributed by atoms with van der Waals surface area (Å²) in [5.41, 5.74) is 1.39. The first-order valence-corrected chi connectivity index (χ1v) is 6.44. The van der Waals surface area contributed by atoms with Crippen LogP contribution in [0.2, 0.25) is 0 Å². The molecular formula is C14H18N2O3. The van der Waals surface area contributed by atoms with Crippen LogP contribution in [0.1, 0.15) is 28.8 Å². The quantitative estimate of drug-likeness (QED) is 0.773. The highest BCUT2D eigenvalue weighted by atomic mass is 16.4. The van der Waals surface area contributed by atoms with Crippen LogP contribution in [0.4, 0.5) is 5.69 Å². The summed E-state index contributed by atoms with van der Waals surface area (Å²) in [5.74, 6) is -1.06. The van der Waals surface area contributed by atoms with Gasteiger partial charge in [0.25, 0.3) is 0 Å². The van der Waals surface area contributed by atoms with Crippen LogP contribution >= 0.6 is 0 Å². The van der Waals surface area contributed by atoms with Crippen molar-refractivity contribution in [1.82, 2.24) is 5.32 Å². The van der Waals surface area contributed by atoms with E-state index in [1.54, 1.807) is 19.1 Å². The normalized spacial score (nSPS) is 18.9. The first-order chi connectivity index (χ1) is 9.09. The number of benzene rings is 1. The second-order valence-electron chi connectivity index (χ2n) is 4.82. The van der Waals surface area contributed by atoms with Crippen LogP contribution in [0.5, 0.6) is 0 Å². The molecule has 1 aromatic carbocycles. The highest BCUT2D eigenvalue weighted by Gasteiger charge is 2.21. The maximum Gasteiger partial charge on any atom is 0.336 e. The lowest BCUT2D eigenvalue weighted by molar-refractivity contribution is -0.120. The van der Waals surface area contributed by atoms with Gasteiger partial charge in [0.2, 0.25) is 5.91 Å². The summed E-state index contributed by atoms with van der Waals surface area (Å²) in [5, 5.41) is 15.1. The summed E-state index contributed by atoms with van der Waals surface area (Å²) >= 11 is 0. The van der Waals surface area contributed by atoms with Crippen molar-refractivity contribution in [2.24, 2.45) is 5.92 Å². The number of rotatable bonds is 3. The van der Waals surface area contributed by atoms with Gasteiger partial charge < -0.3 is 15.7 Å². The van der Waals surface area contributed by atoms with Crippen molar-refractivity contribution in [3.63, 3.8) is 0 Å². The Balaban J connectivity index is 2.12. The number of piperidine rings is 1. The van der Waals surface area contributed by atoms with Crippen molar-refractivity contribution >= 4 is 17.6 Å². The number of nitrogens with one attached hydrogen (secondary N) is 2. The van der Waals surface area contributed by atoms with Crippen molar-refractivity contribution in [1.29, 1.82) is 0 Å². The van der Waals surface area contributed by atoms with E-state index in [0.29, 0.717) is 17.8 Å². The third-order valence-corrected chi connectivity index (χ3v) is 3.49. The minimum Gasteiger partial charge on any atom is -0.478 e. The molecule has 102 valence electrons. The first-order valence-electron chi connectivity index (χ1n) is 6.44. The minimum absolute atomic E-state index is 0.0402. The molecule has 0 aliphatic carbocycles. The van der Waals surface area contributed by atoms with Crippen LogP contribution in [-0.2, 0) is 4.79 Å². The van der Waals surface area contributed by atoms with E-state index in [2.05, 4.69) is 10.6 Å². The lowest BCUT2D eigenvalue weighted by Gasteiger charge is -2.22. The van der Waals surface area contributed by atoms with E-state index in [-0.39, 0.29) is 17.4 Å². The predicted molar refractivity (Wildman–Crippen MR) is 72.4 cm³/mol. The summed E-state index contributed by atoms with van der Waals surface area (Å²) in [4.78, 5) is 23.1. The SMILES string of the molecule is Cc1c(NC(=O)C2CCCNC2)cccc1C(=O)O. The lowest BCUT2D eigenvalue weighted by Crippen LogP contribution is -2.37. The lowest BCUT2D eigenvalue weighted by atomic mass is 9.98. The summed E-state index contributed by atoms with van der Waals surface area (Å²) in [6.07, 6.45) is 1.86. The smallest absolute Gasteiger partial charge is 0.336 e. The number of carbonyl (C=O) groups excluding carboxylic acids is 1. The molecule has 0 radical (unpaired) electrons. The van der Waals surface area contributed by atoms with E-state index in [1.165, 1.54) is 6.07 Å². The average Bonchev–Trinajstić information content (AvgIpc) is 2.41. The number of hydrogen-bond donors (Lipinski definition) is 3. The highest BCUT2D eigenvalue weighted by Crippen LogP contribution is 2.21. The maximum absolute atomic E-state index is 12.1. The standard InChI is InChI=1S/C14H18N2O3/c1-9-11(14(18)19)5-2-6-12(9)16-13(17)10-4-3-7-15-8-10/h2,5-6,10,15H,3-4,7-8H2,1H3,(H,16,17)(H,18,19). The molecule has 1 unspecified atom stereocenters. The van der Waals surface area contributed by atoms with E-state index in [1.807, 2.05) is 0 Å². The Morgan fingerprint density at radius 3 is 2.84 bits per heavy atom. The van der Waals surface area contributed by atoms with Crippen LogP contribution < -0.4 is 10.6 Å². The zero-order valence-corrected chi connectivity index (χ0v) is 10.9. The van der Waals surface area contributed by atoms with E-state index in [0.717, 1.165) is 19.4 Å². The third kappa shape index (κ3) is 3.12. The van der Waals surface area contributed by atoms with Crippen LogP contribution in [0.15, 0.2) is 18.2 Å². The molecule has 2 rings (SSSR count). The van der Waals surface area contributed by atoms with Crippen molar-refractivity contribution in [2.45, 2.75) is 19.8 Å². The Morgan fingerprint density at radius 2 is 2.21 bits per heavy atom. The van der Waals surface area contributed by atoms with Crippen LogP contribution in [0, 0.1) is 12.8 Å². The third-order valence-electron chi connectivity index (χ3n) is 3.49. The van der Waals surface area contributed by atoms with Crippen molar-refractivity contribution < 1.29 is 14.7 Å². The number of amides is 1. The number of aromatic carboxylic acids is 1. The molecule has 19 heavy (non-hydrogen) atoms. The molecule has 1 fully saturated rings. The van der Waals surface area contributed by atoms with Gasteiger partial charge >= 0.3 is 5.97 Å². The molecule has 1 heterocycles. The molecule has 0 bridgehead atoms. The minimum atomic E-state index is -0.979. The predicted octanol–water partition coefficient (Wildman–Crippen LogP) is 1.63. The number of anilines is 1. The maximum atomic E-state index is 12.1. The van der Waals surface area contributed by atoms with Crippen molar-refractivity contribution in [2.75, 3.05) is 18.4 Å². The topological polar surface area (TPSA) is 78.4 Å². The van der Waals surface area contributed by atoms with Gasteiger partial charge in [0, 0.05) is 12.2 Å². The Labute approximate surface area is 112 Å². The summed E-state index contributed by atoms with van der Waals surface area (Å²) in [6.45, 7) is 3.35. The number of hydrogen-bond acceptors (Lipinski definition) is 3. The molecule has 0 aromatic heterocycles. The van der Waals surface area contributed by atoms with Gasteiger partial charge in [-0.25, -0.2) is 4.79 Å². The summed E-state index contributed by atoms with van der Waals surface area (Å²) < 4.78 is 0. The van der Waals surface area contributed by atoms with Crippen LogP contribution in [-0.4, -0.2) is 30.1 Å². The van der Waals surface area contributed by atoms with Crippen LogP contribution in [0.25, 0.3) is 0 Å². The Morgan fingerprint density at radius 1 is 1.42 bits per heavy atom. The number of carbonyl (C=O) groups is 2. The van der Waals surface area contributed by atoms with E-state index >= 15 is 0 Å². The fourth-order valence-electron chi connectivity index (χ4n) is 2.31. The van der Waals surface area contributed by atoms with Crippen molar-refractivity contribution in [3.8, 4) is 0 Å². The number of carboxylic acid groups (broad SMARTS) is 1. The largest absolute Gasteiger partial charge is 0.478 e. The van der Waals surface area contributed by atoms with Gasteiger partial charge in [0.1, 0.15) is 0 Å². The van der Waals surface area contributed by atoms with Gasteiger partial charge in [0.15, 0.2) is 0 Å². The Bertz CT molecular complexity index is 493. The molecule has 5 nitrogen and oxygen atoms in total. The second kappa shape index (κ2) is 5.84. The highest BCUT2D eigenvalue weighted by molar-refractivity contribution is 5.97. The molecule has 1 aliphatic heterocycles. The van der Waals surface area contributed by atoms with E-state index in [9.17, 15) is 9.59 Å². The fraction of sp³-hybridized carbons (Fsp3) is 0.429. The van der Waals surface area contributed by atoms with E-state index in [4.69, 9.17) is 5.11 Å². The molecule has 1 aliphatic rings. The van der Waals surface area contributed by atoms with Gasteiger partial charge in [0.05, 0.1) is 11.5 Å². The molecule has 1 atom stereocenters. The molecule has 1 aromatic rings. The van der Waals surface area contributed by atoms with Gasteiger partial charge in [-0.1, -0.05) is 6.07 Å². The van der Waals surface area contributed by atoms with Gasteiger partial charge in [-0.2, -0.15) is 0 Å². The summed E-state index contributed by atoms with van der Waals surface area (Å²) in [7, 11) is 0. The second-order valence-corrected chi connectivity index (χ2v) is 4.82. The molecule has 1 saturated heterocycles. The van der Waals surface area contributed by atoms with Gasteiger partial charge in [-0.15, -0.1) is 0 Å². The molecular weight excluding hydrogens is 244 g/mol. The van der Waals surface area contributed by atoms with Gasteiger partial charge in [-0.05, 0) is 44.0 Å². The zero-order valence-electron chi connectivity index (χ0n) is 10.9. The molecule has 1 amide bonds. The van der Waals surface area contributed by atoms with Crippen molar-refractivity contribution in [3.05, 3.63) is 29.3 Å².